The summed E-state index contributed by atoms with van der Waals surface area (Å²) in [6.07, 6.45) is 4.82. The van der Waals surface area contributed by atoms with Gasteiger partial charge in [-0.25, -0.2) is 17.5 Å². The molecule has 0 aromatic heterocycles. The van der Waals surface area contributed by atoms with E-state index in [2.05, 4.69) is 4.72 Å². The van der Waals surface area contributed by atoms with Crippen molar-refractivity contribution >= 4 is 15.7 Å². The van der Waals surface area contributed by atoms with Crippen molar-refractivity contribution in [1.29, 1.82) is 0 Å². The summed E-state index contributed by atoms with van der Waals surface area (Å²) >= 11 is 0. The van der Waals surface area contributed by atoms with Gasteiger partial charge in [-0.3, -0.25) is 0 Å². The van der Waals surface area contributed by atoms with E-state index in [1.54, 1.807) is 0 Å². The number of nitrogens with two attached hydrogens (primary N) is 1. The number of anilines is 1. The largest absolute Gasteiger partial charge is 0.396 e. The van der Waals surface area contributed by atoms with E-state index in [0.29, 0.717) is 0 Å². The molecule has 1 aliphatic carbocycles. The van der Waals surface area contributed by atoms with Crippen molar-refractivity contribution in [2.24, 2.45) is 0 Å². The first-order chi connectivity index (χ1) is 9.23. The molecule has 6 heteroatoms. The zero-order chi connectivity index (χ0) is 15.0. The second-order valence-corrected chi connectivity index (χ2v) is 7.55. The molecule has 0 saturated heterocycles. The SMILES string of the molecule is Cc1cc(S(=O)(=O)NC2(C)CCCCC2)cc(N)c1F. The molecule has 0 atom stereocenters. The molecule has 20 heavy (non-hydrogen) atoms. The Morgan fingerprint density at radius 2 is 1.85 bits per heavy atom. The van der Waals surface area contributed by atoms with E-state index in [4.69, 9.17) is 5.73 Å². The molecule has 2 rings (SSSR count). The van der Waals surface area contributed by atoms with E-state index >= 15 is 0 Å². The summed E-state index contributed by atoms with van der Waals surface area (Å²) in [4.78, 5) is 0.0284. The van der Waals surface area contributed by atoms with Gasteiger partial charge in [0.05, 0.1) is 10.6 Å². The van der Waals surface area contributed by atoms with Gasteiger partial charge < -0.3 is 5.73 Å². The van der Waals surface area contributed by atoms with Gasteiger partial charge in [-0.15, -0.1) is 0 Å². The normalized spacial score (nSPS) is 18.9. The number of rotatable bonds is 3. The van der Waals surface area contributed by atoms with Crippen LogP contribution in [0.2, 0.25) is 0 Å². The van der Waals surface area contributed by atoms with Gasteiger partial charge in [0.1, 0.15) is 5.82 Å². The van der Waals surface area contributed by atoms with Gasteiger partial charge >= 0.3 is 0 Å². The van der Waals surface area contributed by atoms with Crippen LogP contribution >= 0.6 is 0 Å². The van der Waals surface area contributed by atoms with Gasteiger partial charge in [-0.2, -0.15) is 0 Å². The third kappa shape index (κ3) is 3.12. The molecule has 0 aliphatic heterocycles. The van der Waals surface area contributed by atoms with Crippen molar-refractivity contribution in [3.05, 3.63) is 23.5 Å². The molecule has 1 saturated carbocycles. The zero-order valence-corrected chi connectivity index (χ0v) is 12.7. The highest BCUT2D eigenvalue weighted by Crippen LogP contribution is 2.30. The second-order valence-electron chi connectivity index (χ2n) is 5.87. The van der Waals surface area contributed by atoms with Gasteiger partial charge in [-0.05, 0) is 44.4 Å². The van der Waals surface area contributed by atoms with Crippen LogP contribution in [0, 0.1) is 12.7 Å². The van der Waals surface area contributed by atoms with Gasteiger partial charge in [-0.1, -0.05) is 19.3 Å². The van der Waals surface area contributed by atoms with E-state index in [9.17, 15) is 12.8 Å². The van der Waals surface area contributed by atoms with Gasteiger partial charge in [0.2, 0.25) is 10.0 Å². The number of nitrogens with one attached hydrogen (secondary N) is 1. The molecule has 0 radical (unpaired) electrons. The average molecular weight is 300 g/mol. The Labute approximate surface area is 119 Å². The standard InChI is InChI=1S/C14H21FN2O2S/c1-10-8-11(9-12(16)13(10)15)20(18,19)17-14(2)6-4-3-5-7-14/h8-9,17H,3-7,16H2,1-2H3. The Morgan fingerprint density at radius 1 is 1.25 bits per heavy atom. The van der Waals surface area contributed by atoms with Crippen molar-refractivity contribution in [3.8, 4) is 0 Å². The van der Waals surface area contributed by atoms with Crippen LogP contribution in [0.25, 0.3) is 0 Å². The molecule has 1 aliphatic rings. The molecule has 0 heterocycles. The maximum atomic E-state index is 13.5. The first kappa shape index (κ1) is 15.3. The molecular weight excluding hydrogens is 279 g/mol. The number of halogens is 1. The molecule has 1 fully saturated rings. The molecule has 4 nitrogen and oxygen atoms in total. The van der Waals surface area contributed by atoms with Crippen LogP contribution < -0.4 is 10.5 Å². The summed E-state index contributed by atoms with van der Waals surface area (Å²) in [5, 5.41) is 0. The molecule has 0 amide bonds. The number of nitrogen functional groups attached to an aromatic ring is 1. The summed E-state index contributed by atoms with van der Waals surface area (Å²) in [6, 6.07) is 2.50. The fraction of sp³-hybridized carbons (Fsp3) is 0.571. The van der Waals surface area contributed by atoms with E-state index in [1.807, 2.05) is 6.92 Å². The minimum atomic E-state index is -3.68. The summed E-state index contributed by atoms with van der Waals surface area (Å²) in [5.74, 6) is -0.562. The summed E-state index contributed by atoms with van der Waals surface area (Å²) in [5.41, 5.74) is 5.19. The Hall–Kier alpha value is -1.14. The molecule has 0 spiro atoms. The highest BCUT2D eigenvalue weighted by molar-refractivity contribution is 7.89. The lowest BCUT2D eigenvalue weighted by Crippen LogP contribution is -2.47. The fourth-order valence-corrected chi connectivity index (χ4v) is 4.32. The smallest absolute Gasteiger partial charge is 0.241 e. The molecular formula is C14H21FN2O2S. The monoisotopic (exact) mass is 300 g/mol. The zero-order valence-electron chi connectivity index (χ0n) is 11.9. The molecule has 1 aromatic rings. The van der Waals surface area contributed by atoms with E-state index in [1.165, 1.54) is 19.1 Å². The number of hydrogen-bond donors (Lipinski definition) is 2. The minimum Gasteiger partial charge on any atom is -0.396 e. The number of sulfonamides is 1. The number of aryl methyl sites for hydroxylation is 1. The number of hydrogen-bond acceptors (Lipinski definition) is 3. The topological polar surface area (TPSA) is 72.2 Å². The lowest BCUT2D eigenvalue weighted by atomic mass is 9.84. The van der Waals surface area contributed by atoms with Crippen LogP contribution in [-0.4, -0.2) is 14.0 Å². The summed E-state index contributed by atoms with van der Waals surface area (Å²) < 4.78 is 41.1. The van der Waals surface area contributed by atoms with Gasteiger partial charge in [0, 0.05) is 5.54 Å². The van der Waals surface area contributed by atoms with Crippen LogP contribution in [0.15, 0.2) is 17.0 Å². The third-order valence-electron chi connectivity index (χ3n) is 3.90. The molecule has 1 aromatic carbocycles. The van der Waals surface area contributed by atoms with Crippen molar-refractivity contribution in [3.63, 3.8) is 0 Å². The Kier molecular flexibility index (Phi) is 4.07. The van der Waals surface area contributed by atoms with Crippen molar-refractivity contribution in [2.45, 2.75) is 56.4 Å². The Balaban J connectivity index is 2.31. The molecule has 0 bridgehead atoms. The lowest BCUT2D eigenvalue weighted by molar-refractivity contribution is 0.294. The lowest BCUT2D eigenvalue weighted by Gasteiger charge is -2.34. The van der Waals surface area contributed by atoms with E-state index in [0.717, 1.165) is 32.1 Å². The Bertz CT molecular complexity index is 585. The highest BCUT2D eigenvalue weighted by Gasteiger charge is 2.32. The predicted octanol–water partition coefficient (Wildman–Crippen LogP) is 2.72. The first-order valence-electron chi connectivity index (χ1n) is 6.83. The number of benzene rings is 1. The molecule has 0 unspecified atom stereocenters. The summed E-state index contributed by atoms with van der Waals surface area (Å²) in [6.45, 7) is 3.43. The quantitative estimate of drug-likeness (QED) is 0.843. The summed E-state index contributed by atoms with van der Waals surface area (Å²) in [7, 11) is -3.68. The predicted molar refractivity (Wildman–Crippen MR) is 77.4 cm³/mol. The second kappa shape index (κ2) is 5.33. The van der Waals surface area contributed by atoms with Crippen LogP contribution in [0.5, 0.6) is 0 Å². The van der Waals surface area contributed by atoms with Gasteiger partial charge in [0.15, 0.2) is 0 Å². The van der Waals surface area contributed by atoms with E-state index in [-0.39, 0.29) is 16.1 Å². The Morgan fingerprint density at radius 3 is 2.40 bits per heavy atom. The van der Waals surface area contributed by atoms with Crippen molar-refractivity contribution < 1.29 is 12.8 Å². The highest BCUT2D eigenvalue weighted by atomic mass is 32.2. The maximum absolute atomic E-state index is 13.5. The van der Waals surface area contributed by atoms with E-state index < -0.39 is 21.4 Å². The van der Waals surface area contributed by atoms with Crippen LogP contribution in [0.4, 0.5) is 10.1 Å². The first-order valence-corrected chi connectivity index (χ1v) is 8.31. The average Bonchev–Trinajstić information content (AvgIpc) is 2.35. The molecule has 3 N–H and O–H groups in total. The van der Waals surface area contributed by atoms with Gasteiger partial charge in [0.25, 0.3) is 0 Å². The fourth-order valence-electron chi connectivity index (χ4n) is 2.74. The molecule has 112 valence electrons. The minimum absolute atomic E-state index is 0.0284. The van der Waals surface area contributed by atoms with Crippen molar-refractivity contribution in [2.75, 3.05) is 5.73 Å². The third-order valence-corrected chi connectivity index (χ3v) is 5.52. The van der Waals surface area contributed by atoms with Crippen LogP contribution in [0.3, 0.4) is 0 Å². The van der Waals surface area contributed by atoms with Crippen LogP contribution in [0.1, 0.15) is 44.6 Å². The van der Waals surface area contributed by atoms with Crippen LogP contribution in [-0.2, 0) is 10.0 Å². The van der Waals surface area contributed by atoms with Crippen molar-refractivity contribution in [1.82, 2.24) is 4.72 Å². The maximum Gasteiger partial charge on any atom is 0.241 e.